The molecule has 1 aliphatic rings. The maximum absolute atomic E-state index is 12.4. The van der Waals surface area contributed by atoms with Gasteiger partial charge in [-0.25, -0.2) is 0 Å². The molecular weight excluding hydrogens is 380 g/mol. The molecule has 0 saturated heterocycles. The van der Waals surface area contributed by atoms with Crippen LogP contribution in [0, 0.1) is 13.8 Å². The van der Waals surface area contributed by atoms with E-state index in [2.05, 4.69) is 10.4 Å². The third-order valence-electron chi connectivity index (χ3n) is 4.53. The topological polar surface area (TPSA) is 93.5 Å². The largest absolute Gasteiger partial charge is 0.451 e. The van der Waals surface area contributed by atoms with E-state index in [0.29, 0.717) is 17.1 Å². The predicted octanol–water partition coefficient (Wildman–Crippen LogP) is 2.05. The number of amides is 2. The number of nitrogens with one attached hydrogen (secondary N) is 1. The van der Waals surface area contributed by atoms with Crippen molar-refractivity contribution in [2.24, 2.45) is 7.05 Å². The van der Waals surface area contributed by atoms with Crippen LogP contribution in [0.15, 0.2) is 29.2 Å². The number of carbonyl (C=O) groups excluding carboxylic acids is 3. The molecule has 0 radical (unpaired) electrons. The van der Waals surface area contributed by atoms with Crippen LogP contribution in [0.1, 0.15) is 18.3 Å². The number of nitrogens with zero attached hydrogens (tertiary/aromatic N) is 3. The summed E-state index contributed by atoms with van der Waals surface area (Å²) < 4.78 is 6.92. The highest BCUT2D eigenvalue weighted by molar-refractivity contribution is 8.00. The third-order valence-corrected chi connectivity index (χ3v) is 5.58. The van der Waals surface area contributed by atoms with E-state index < -0.39 is 18.0 Å². The minimum absolute atomic E-state index is 0.167. The fourth-order valence-electron chi connectivity index (χ4n) is 2.92. The van der Waals surface area contributed by atoms with Crippen LogP contribution in [0.3, 0.4) is 0 Å². The van der Waals surface area contributed by atoms with Gasteiger partial charge in [-0.3, -0.25) is 24.0 Å². The molecule has 0 bridgehead atoms. The van der Waals surface area contributed by atoms with Crippen LogP contribution in [0.2, 0.25) is 0 Å². The Bertz CT molecular complexity index is 940. The Balaban J connectivity index is 1.63. The first-order valence-corrected chi connectivity index (χ1v) is 9.79. The first-order chi connectivity index (χ1) is 13.3. The van der Waals surface area contributed by atoms with Crippen LogP contribution in [0.5, 0.6) is 0 Å². The van der Waals surface area contributed by atoms with E-state index in [0.717, 1.165) is 10.6 Å². The summed E-state index contributed by atoms with van der Waals surface area (Å²) in [4.78, 5) is 39.3. The molecule has 2 amide bonds. The van der Waals surface area contributed by atoms with Gasteiger partial charge in [0.2, 0.25) is 5.91 Å². The van der Waals surface area contributed by atoms with Crippen LogP contribution in [0.4, 0.5) is 11.4 Å². The Hall–Kier alpha value is -2.81. The van der Waals surface area contributed by atoms with Crippen LogP contribution < -0.4 is 10.2 Å². The minimum atomic E-state index is -1.00. The van der Waals surface area contributed by atoms with E-state index in [1.54, 1.807) is 24.7 Å². The number of thioether (sulfide) groups is 1. The molecule has 0 fully saturated rings. The van der Waals surface area contributed by atoms with Gasteiger partial charge in [0.15, 0.2) is 6.10 Å². The molecule has 28 heavy (non-hydrogen) atoms. The van der Waals surface area contributed by atoms with Gasteiger partial charge in [-0.1, -0.05) is 12.1 Å². The highest BCUT2D eigenvalue weighted by Crippen LogP contribution is 2.34. The summed E-state index contributed by atoms with van der Waals surface area (Å²) in [6.07, 6.45) is -1.00. The number of hydrogen-bond acceptors (Lipinski definition) is 6. The zero-order valence-electron chi connectivity index (χ0n) is 16.2. The maximum Gasteiger partial charge on any atom is 0.326 e. The molecule has 3 rings (SSSR count). The molecule has 0 saturated carbocycles. The van der Waals surface area contributed by atoms with Crippen molar-refractivity contribution in [1.82, 2.24) is 9.78 Å². The van der Waals surface area contributed by atoms with Crippen molar-refractivity contribution in [3.63, 3.8) is 0 Å². The Labute approximate surface area is 167 Å². The van der Waals surface area contributed by atoms with E-state index in [1.807, 2.05) is 25.1 Å². The summed E-state index contributed by atoms with van der Waals surface area (Å²) in [6.45, 7) is 4.88. The number of anilines is 2. The fourth-order valence-corrected chi connectivity index (χ4v) is 3.86. The van der Waals surface area contributed by atoms with Gasteiger partial charge in [0.05, 0.1) is 28.5 Å². The third kappa shape index (κ3) is 4.04. The van der Waals surface area contributed by atoms with Crippen LogP contribution in [0.25, 0.3) is 0 Å². The number of hydrogen-bond donors (Lipinski definition) is 1. The van der Waals surface area contributed by atoms with Crippen molar-refractivity contribution in [2.75, 3.05) is 22.5 Å². The van der Waals surface area contributed by atoms with Crippen LogP contribution >= 0.6 is 11.8 Å². The van der Waals surface area contributed by atoms with Gasteiger partial charge in [0, 0.05) is 11.9 Å². The number of para-hydroxylation sites is 1. The summed E-state index contributed by atoms with van der Waals surface area (Å²) in [6, 6.07) is 7.38. The molecule has 1 aromatic carbocycles. The zero-order chi connectivity index (χ0) is 20.4. The van der Waals surface area contributed by atoms with E-state index in [9.17, 15) is 14.4 Å². The summed E-state index contributed by atoms with van der Waals surface area (Å²) in [5, 5.41) is 6.99. The SMILES string of the molecule is Cc1nn(C)c(C)c1NC(=O)C(C)OC(=O)CN1C(=O)CSc2ccccc21. The molecule has 8 nitrogen and oxygen atoms in total. The van der Waals surface area contributed by atoms with E-state index in [1.165, 1.54) is 23.6 Å². The van der Waals surface area contributed by atoms with Crippen LogP contribution in [-0.2, 0) is 26.2 Å². The Kier molecular flexibility index (Phi) is 5.73. The number of ether oxygens (including phenoxy) is 1. The van der Waals surface area contributed by atoms with Gasteiger partial charge < -0.3 is 10.1 Å². The summed E-state index contributed by atoms with van der Waals surface area (Å²) in [5.74, 6) is -0.995. The lowest BCUT2D eigenvalue weighted by Gasteiger charge is -2.28. The van der Waals surface area contributed by atoms with Crippen molar-refractivity contribution in [1.29, 1.82) is 0 Å². The van der Waals surface area contributed by atoms with Gasteiger partial charge in [0.1, 0.15) is 6.54 Å². The number of carbonyl (C=O) groups is 3. The van der Waals surface area contributed by atoms with E-state index in [-0.39, 0.29) is 18.2 Å². The maximum atomic E-state index is 12.4. The number of rotatable bonds is 5. The number of esters is 1. The predicted molar refractivity (Wildman–Crippen MR) is 106 cm³/mol. The second kappa shape index (κ2) is 8.05. The van der Waals surface area contributed by atoms with Crippen LogP contribution in [-0.4, -0.2) is 46.0 Å². The molecule has 9 heteroatoms. The molecule has 148 valence electrons. The average Bonchev–Trinajstić information content (AvgIpc) is 2.90. The number of fused-ring (bicyclic) bond motifs is 1. The minimum Gasteiger partial charge on any atom is -0.451 e. The van der Waals surface area contributed by atoms with Gasteiger partial charge >= 0.3 is 5.97 Å². The standard InChI is InChI=1S/C19H22N4O4S/c1-11-18(12(2)22(4)21-11)20-19(26)13(3)27-17(25)9-23-14-7-5-6-8-15(14)28-10-16(23)24/h5-8,13H,9-10H2,1-4H3,(H,20,26). The average molecular weight is 402 g/mol. The lowest BCUT2D eigenvalue weighted by Crippen LogP contribution is -2.41. The van der Waals surface area contributed by atoms with Gasteiger partial charge in [-0.15, -0.1) is 11.8 Å². The summed E-state index contributed by atoms with van der Waals surface area (Å²) >= 11 is 1.44. The molecule has 1 N–H and O–H groups in total. The monoisotopic (exact) mass is 402 g/mol. The van der Waals surface area contributed by atoms with Crippen molar-refractivity contribution in [3.8, 4) is 0 Å². The number of aromatic nitrogens is 2. The van der Waals surface area contributed by atoms with E-state index >= 15 is 0 Å². The molecule has 1 atom stereocenters. The Morgan fingerprint density at radius 1 is 1.32 bits per heavy atom. The van der Waals surface area contributed by atoms with Crippen molar-refractivity contribution in [2.45, 2.75) is 31.8 Å². The lowest BCUT2D eigenvalue weighted by atomic mass is 10.2. The molecule has 2 heterocycles. The highest BCUT2D eigenvalue weighted by atomic mass is 32.2. The zero-order valence-corrected chi connectivity index (χ0v) is 17.0. The second-order valence-corrected chi connectivity index (χ2v) is 7.54. The normalized spacial score (nSPS) is 14.4. The van der Waals surface area contributed by atoms with Crippen molar-refractivity contribution >= 4 is 40.9 Å². The van der Waals surface area contributed by atoms with Gasteiger partial charge in [-0.05, 0) is 32.9 Å². The quantitative estimate of drug-likeness (QED) is 0.770. The Morgan fingerprint density at radius 3 is 2.71 bits per heavy atom. The van der Waals surface area contributed by atoms with Gasteiger partial charge in [-0.2, -0.15) is 5.10 Å². The summed E-state index contributed by atoms with van der Waals surface area (Å²) in [5.41, 5.74) is 2.77. The molecular formula is C19H22N4O4S. The molecule has 1 aromatic heterocycles. The number of benzene rings is 1. The van der Waals surface area contributed by atoms with Crippen molar-refractivity contribution in [3.05, 3.63) is 35.7 Å². The number of aryl methyl sites for hydroxylation is 2. The first kappa shape index (κ1) is 19.9. The highest BCUT2D eigenvalue weighted by Gasteiger charge is 2.28. The first-order valence-electron chi connectivity index (χ1n) is 8.80. The molecule has 1 aliphatic heterocycles. The molecule has 0 aliphatic carbocycles. The lowest BCUT2D eigenvalue weighted by molar-refractivity contribution is -0.152. The molecule has 2 aromatic rings. The second-order valence-electron chi connectivity index (χ2n) is 6.53. The Morgan fingerprint density at radius 2 is 2.04 bits per heavy atom. The smallest absolute Gasteiger partial charge is 0.326 e. The fraction of sp³-hybridized carbons (Fsp3) is 0.368. The van der Waals surface area contributed by atoms with E-state index in [4.69, 9.17) is 4.74 Å². The van der Waals surface area contributed by atoms with Gasteiger partial charge in [0.25, 0.3) is 5.91 Å². The summed E-state index contributed by atoms with van der Waals surface area (Å²) in [7, 11) is 1.78. The molecule has 0 spiro atoms. The van der Waals surface area contributed by atoms with Crippen molar-refractivity contribution < 1.29 is 19.1 Å². The molecule has 1 unspecified atom stereocenters.